The Bertz CT molecular complexity index is 1130. The van der Waals surface area contributed by atoms with Crippen molar-refractivity contribution in [1.82, 2.24) is 5.32 Å². The van der Waals surface area contributed by atoms with Gasteiger partial charge in [-0.3, -0.25) is 9.52 Å². The van der Waals surface area contributed by atoms with Gasteiger partial charge >= 0.3 is 0 Å². The molecule has 3 aromatic rings. The summed E-state index contributed by atoms with van der Waals surface area (Å²) in [4.78, 5) is 12.8. The summed E-state index contributed by atoms with van der Waals surface area (Å²) in [6, 6.07) is 21.8. The Morgan fingerprint density at radius 3 is 2.19 bits per heavy atom. The fourth-order valence-electron chi connectivity index (χ4n) is 3.00. The highest BCUT2D eigenvalue weighted by Gasteiger charge is 2.15. The Morgan fingerprint density at radius 2 is 1.55 bits per heavy atom. The second kappa shape index (κ2) is 9.66. The standard InChI is InChI=1S/C24H26N2O4S/c1-17(2)30-22-9-7-8-20(16-22)18(3)25-24(27)19-12-14-21(15-13-19)26-31(28,29)23-10-5-4-6-11-23/h4-18,26H,1-3H3,(H,25,27). The Labute approximate surface area is 183 Å². The quantitative estimate of drug-likeness (QED) is 0.531. The first-order chi connectivity index (χ1) is 14.7. The van der Waals surface area contributed by atoms with Crippen molar-refractivity contribution < 1.29 is 17.9 Å². The molecule has 0 saturated heterocycles. The minimum absolute atomic E-state index is 0.0676. The maximum atomic E-state index is 12.6. The van der Waals surface area contributed by atoms with Crippen LogP contribution in [-0.4, -0.2) is 20.4 Å². The van der Waals surface area contributed by atoms with E-state index in [1.165, 1.54) is 12.1 Å². The third kappa shape index (κ3) is 6.08. The number of ether oxygens (including phenoxy) is 1. The number of amides is 1. The summed E-state index contributed by atoms with van der Waals surface area (Å²) in [5.41, 5.74) is 1.75. The number of nitrogens with one attached hydrogen (secondary N) is 2. The Kier molecular flexibility index (Phi) is 6.97. The molecule has 3 rings (SSSR count). The van der Waals surface area contributed by atoms with E-state index >= 15 is 0 Å². The molecule has 2 N–H and O–H groups in total. The highest BCUT2D eigenvalue weighted by molar-refractivity contribution is 7.92. The van der Waals surface area contributed by atoms with Crippen molar-refractivity contribution in [3.8, 4) is 5.75 Å². The molecule has 0 heterocycles. The average molecular weight is 439 g/mol. The van der Waals surface area contributed by atoms with Crippen molar-refractivity contribution in [2.75, 3.05) is 4.72 Å². The lowest BCUT2D eigenvalue weighted by Crippen LogP contribution is -2.26. The first kappa shape index (κ1) is 22.4. The van der Waals surface area contributed by atoms with Gasteiger partial charge in [0.15, 0.2) is 0 Å². The third-order valence-corrected chi connectivity index (χ3v) is 5.93. The molecule has 0 aromatic heterocycles. The molecule has 0 aliphatic heterocycles. The van der Waals surface area contributed by atoms with Crippen molar-refractivity contribution in [1.29, 1.82) is 0 Å². The van der Waals surface area contributed by atoms with Crippen LogP contribution in [0.5, 0.6) is 5.75 Å². The van der Waals surface area contributed by atoms with Crippen LogP contribution in [0.3, 0.4) is 0 Å². The second-order valence-corrected chi connectivity index (χ2v) is 9.11. The van der Waals surface area contributed by atoms with Crippen LogP contribution >= 0.6 is 0 Å². The van der Waals surface area contributed by atoms with E-state index in [1.54, 1.807) is 42.5 Å². The fourth-order valence-corrected chi connectivity index (χ4v) is 4.08. The lowest BCUT2D eigenvalue weighted by Gasteiger charge is -2.17. The molecular formula is C24H26N2O4S. The second-order valence-electron chi connectivity index (χ2n) is 7.43. The van der Waals surface area contributed by atoms with Crippen LogP contribution in [0.1, 0.15) is 42.7 Å². The van der Waals surface area contributed by atoms with Gasteiger partial charge in [0, 0.05) is 11.3 Å². The molecule has 0 bridgehead atoms. The summed E-state index contributed by atoms with van der Waals surface area (Å²) in [7, 11) is -3.68. The van der Waals surface area contributed by atoms with Gasteiger partial charge in [0.25, 0.3) is 15.9 Å². The molecule has 162 valence electrons. The van der Waals surface area contributed by atoms with Gasteiger partial charge in [-0.1, -0.05) is 30.3 Å². The van der Waals surface area contributed by atoms with E-state index in [-0.39, 0.29) is 22.9 Å². The van der Waals surface area contributed by atoms with Gasteiger partial charge in [0.05, 0.1) is 17.0 Å². The number of rotatable bonds is 8. The van der Waals surface area contributed by atoms with Gasteiger partial charge in [-0.05, 0) is 74.9 Å². The molecule has 0 radical (unpaired) electrons. The van der Waals surface area contributed by atoms with Crippen molar-refractivity contribution in [2.45, 2.75) is 37.8 Å². The topological polar surface area (TPSA) is 84.5 Å². The van der Waals surface area contributed by atoms with E-state index in [1.807, 2.05) is 45.0 Å². The number of carbonyl (C=O) groups excluding carboxylic acids is 1. The lowest BCUT2D eigenvalue weighted by atomic mass is 10.1. The number of hydrogen-bond acceptors (Lipinski definition) is 4. The fraction of sp³-hybridized carbons (Fsp3) is 0.208. The largest absolute Gasteiger partial charge is 0.491 e. The van der Waals surface area contributed by atoms with Gasteiger partial charge in [0.1, 0.15) is 5.75 Å². The van der Waals surface area contributed by atoms with Crippen molar-refractivity contribution in [2.24, 2.45) is 0 Å². The maximum absolute atomic E-state index is 12.6. The molecular weight excluding hydrogens is 412 g/mol. The van der Waals surface area contributed by atoms with Gasteiger partial charge in [-0.25, -0.2) is 8.42 Å². The number of benzene rings is 3. The first-order valence-corrected chi connectivity index (χ1v) is 11.5. The van der Waals surface area contributed by atoms with Crippen LogP contribution in [0.25, 0.3) is 0 Å². The molecule has 1 unspecified atom stereocenters. The molecule has 1 atom stereocenters. The molecule has 1 amide bonds. The van der Waals surface area contributed by atoms with Crippen LogP contribution in [0.2, 0.25) is 0 Å². The number of hydrogen-bond donors (Lipinski definition) is 2. The van der Waals surface area contributed by atoms with Crippen LogP contribution in [0.4, 0.5) is 5.69 Å². The predicted molar refractivity (Wildman–Crippen MR) is 122 cm³/mol. The molecule has 0 aliphatic carbocycles. The van der Waals surface area contributed by atoms with Gasteiger partial charge < -0.3 is 10.1 Å². The Hall–Kier alpha value is -3.32. The summed E-state index contributed by atoms with van der Waals surface area (Å²) in [6.07, 6.45) is 0.0676. The van der Waals surface area contributed by atoms with E-state index in [0.29, 0.717) is 11.3 Å². The van der Waals surface area contributed by atoms with E-state index in [4.69, 9.17) is 4.74 Å². The maximum Gasteiger partial charge on any atom is 0.261 e. The molecule has 3 aromatic carbocycles. The van der Waals surface area contributed by atoms with E-state index in [9.17, 15) is 13.2 Å². The van der Waals surface area contributed by atoms with Crippen molar-refractivity contribution >= 4 is 21.6 Å². The predicted octanol–water partition coefficient (Wildman–Crippen LogP) is 4.77. The molecule has 0 aliphatic rings. The number of carbonyl (C=O) groups is 1. The molecule has 31 heavy (non-hydrogen) atoms. The van der Waals surface area contributed by atoms with Crippen LogP contribution in [-0.2, 0) is 10.0 Å². The molecule has 0 fully saturated rings. The summed E-state index contributed by atoms with van der Waals surface area (Å²) >= 11 is 0. The highest BCUT2D eigenvalue weighted by Crippen LogP contribution is 2.21. The minimum Gasteiger partial charge on any atom is -0.491 e. The van der Waals surface area contributed by atoms with Crippen LogP contribution in [0.15, 0.2) is 83.8 Å². The Balaban J connectivity index is 1.65. The van der Waals surface area contributed by atoms with E-state index in [0.717, 1.165) is 11.3 Å². The van der Waals surface area contributed by atoms with Gasteiger partial charge in [-0.15, -0.1) is 0 Å². The van der Waals surface area contributed by atoms with Crippen LogP contribution in [0, 0.1) is 0 Å². The molecule has 0 spiro atoms. The van der Waals surface area contributed by atoms with Crippen molar-refractivity contribution in [3.63, 3.8) is 0 Å². The third-order valence-electron chi connectivity index (χ3n) is 4.53. The number of anilines is 1. The summed E-state index contributed by atoms with van der Waals surface area (Å²) < 4.78 is 33.1. The lowest BCUT2D eigenvalue weighted by molar-refractivity contribution is 0.0939. The number of sulfonamides is 1. The zero-order valence-corrected chi connectivity index (χ0v) is 18.5. The monoisotopic (exact) mass is 438 g/mol. The molecule has 6 nitrogen and oxygen atoms in total. The normalized spacial score (nSPS) is 12.3. The SMILES string of the molecule is CC(C)Oc1cccc(C(C)NC(=O)c2ccc(NS(=O)(=O)c3ccccc3)cc2)c1. The zero-order valence-electron chi connectivity index (χ0n) is 17.7. The van der Waals surface area contributed by atoms with E-state index in [2.05, 4.69) is 10.0 Å². The summed E-state index contributed by atoms with van der Waals surface area (Å²) in [5.74, 6) is 0.504. The summed E-state index contributed by atoms with van der Waals surface area (Å²) in [5, 5.41) is 2.95. The van der Waals surface area contributed by atoms with Gasteiger partial charge in [0.2, 0.25) is 0 Å². The zero-order chi connectivity index (χ0) is 22.4. The molecule has 7 heteroatoms. The molecule has 0 saturated carbocycles. The van der Waals surface area contributed by atoms with Crippen molar-refractivity contribution in [3.05, 3.63) is 90.0 Å². The van der Waals surface area contributed by atoms with E-state index < -0.39 is 10.0 Å². The smallest absolute Gasteiger partial charge is 0.261 e. The highest BCUT2D eigenvalue weighted by atomic mass is 32.2. The Morgan fingerprint density at radius 1 is 0.871 bits per heavy atom. The summed E-state index contributed by atoms with van der Waals surface area (Å²) in [6.45, 7) is 5.82. The average Bonchev–Trinajstić information content (AvgIpc) is 2.74. The van der Waals surface area contributed by atoms with Crippen LogP contribution < -0.4 is 14.8 Å². The minimum atomic E-state index is -3.68. The van der Waals surface area contributed by atoms with Gasteiger partial charge in [-0.2, -0.15) is 0 Å². The first-order valence-electron chi connectivity index (χ1n) is 10.00.